The molecule has 4 fully saturated rings. The molecule has 4 saturated carbocycles. The summed E-state index contributed by atoms with van der Waals surface area (Å²) in [6.45, 7) is 8.42. The molecular weight excluding hydrogens is 466 g/mol. The van der Waals surface area contributed by atoms with Gasteiger partial charge in [-0.25, -0.2) is 0 Å². The van der Waals surface area contributed by atoms with Crippen molar-refractivity contribution in [3.8, 4) is 0 Å². The highest BCUT2D eigenvalue weighted by Crippen LogP contribution is 2.68. The Hall–Kier alpha value is -0.700. The SMILES string of the molecule is CC(CNC(=O)CC[C@@H](C)[C@H]1CC[C@H]2[C@@H]3[C@H](O)CC4C[C@H](O)CC[C@]4(C)[C@H]3CC[C@]12C)S(=O)(=O)O. The molecule has 0 aromatic carbocycles. The lowest BCUT2D eigenvalue weighted by molar-refractivity contribution is -0.174. The van der Waals surface area contributed by atoms with Gasteiger partial charge in [0.2, 0.25) is 5.91 Å². The Labute approximate surface area is 211 Å². The second kappa shape index (κ2) is 9.88. The Morgan fingerprint density at radius 3 is 2.34 bits per heavy atom. The quantitative estimate of drug-likeness (QED) is 0.384. The highest BCUT2D eigenvalue weighted by molar-refractivity contribution is 7.86. The molecule has 1 amide bonds. The molecule has 11 atom stereocenters. The van der Waals surface area contributed by atoms with E-state index in [2.05, 4.69) is 26.1 Å². The minimum atomic E-state index is -4.14. The number of hydrogen-bond acceptors (Lipinski definition) is 5. The summed E-state index contributed by atoms with van der Waals surface area (Å²) in [5.41, 5.74) is 0.403. The van der Waals surface area contributed by atoms with Crippen molar-refractivity contribution < 1.29 is 28.0 Å². The molecule has 0 heterocycles. The van der Waals surface area contributed by atoms with Gasteiger partial charge >= 0.3 is 0 Å². The fourth-order valence-corrected chi connectivity index (χ4v) is 9.48. The lowest BCUT2D eigenvalue weighted by Gasteiger charge is -2.62. The maximum Gasteiger partial charge on any atom is 0.269 e. The van der Waals surface area contributed by atoms with E-state index in [1.165, 1.54) is 13.3 Å². The van der Waals surface area contributed by atoms with Gasteiger partial charge in [-0.2, -0.15) is 8.42 Å². The van der Waals surface area contributed by atoms with E-state index < -0.39 is 15.4 Å². The number of aliphatic hydroxyl groups excluding tert-OH is 2. The van der Waals surface area contributed by atoms with Crippen LogP contribution >= 0.6 is 0 Å². The lowest BCUT2D eigenvalue weighted by atomic mass is 9.43. The van der Waals surface area contributed by atoms with E-state index >= 15 is 0 Å². The van der Waals surface area contributed by atoms with Crippen molar-refractivity contribution in [1.29, 1.82) is 0 Å². The number of carbonyl (C=O) groups is 1. The van der Waals surface area contributed by atoms with E-state index in [0.29, 0.717) is 41.9 Å². The Morgan fingerprint density at radius 2 is 1.66 bits per heavy atom. The zero-order valence-corrected chi connectivity index (χ0v) is 22.8. The molecule has 202 valence electrons. The van der Waals surface area contributed by atoms with Gasteiger partial charge in [0.15, 0.2) is 0 Å². The van der Waals surface area contributed by atoms with Gasteiger partial charge in [0.05, 0.1) is 12.2 Å². The van der Waals surface area contributed by atoms with E-state index in [1.54, 1.807) is 0 Å². The van der Waals surface area contributed by atoms with Crippen molar-refractivity contribution >= 4 is 16.0 Å². The Morgan fingerprint density at radius 1 is 1.00 bits per heavy atom. The van der Waals surface area contributed by atoms with Crippen LogP contribution in [0.15, 0.2) is 0 Å². The molecule has 4 aliphatic rings. The molecule has 0 radical (unpaired) electrons. The molecule has 35 heavy (non-hydrogen) atoms. The summed E-state index contributed by atoms with van der Waals surface area (Å²) >= 11 is 0. The second-order valence-electron chi connectivity index (χ2n) is 13.1. The average molecular weight is 514 g/mol. The van der Waals surface area contributed by atoms with Crippen LogP contribution in [-0.2, 0) is 14.9 Å². The maximum atomic E-state index is 12.3. The molecule has 4 N–H and O–H groups in total. The number of aliphatic hydroxyl groups is 2. The molecule has 7 nitrogen and oxygen atoms in total. The zero-order chi connectivity index (χ0) is 25.8. The Kier molecular flexibility index (Phi) is 7.72. The van der Waals surface area contributed by atoms with Crippen LogP contribution in [0.2, 0.25) is 0 Å². The van der Waals surface area contributed by atoms with Crippen molar-refractivity contribution in [3.05, 3.63) is 0 Å². The van der Waals surface area contributed by atoms with Gasteiger partial charge in [0, 0.05) is 13.0 Å². The largest absolute Gasteiger partial charge is 0.393 e. The minimum absolute atomic E-state index is 0.0764. The number of amides is 1. The Bertz CT molecular complexity index is 894. The number of carbonyl (C=O) groups excluding carboxylic acids is 1. The van der Waals surface area contributed by atoms with Gasteiger partial charge in [-0.15, -0.1) is 0 Å². The summed E-state index contributed by atoms with van der Waals surface area (Å²) in [5.74, 6) is 2.53. The van der Waals surface area contributed by atoms with Crippen LogP contribution in [0, 0.1) is 46.3 Å². The number of fused-ring (bicyclic) bond motifs is 5. The second-order valence-corrected chi connectivity index (χ2v) is 14.9. The van der Waals surface area contributed by atoms with Crippen LogP contribution in [0.5, 0.6) is 0 Å². The Balaban J connectivity index is 1.38. The van der Waals surface area contributed by atoms with Crippen molar-refractivity contribution in [3.63, 3.8) is 0 Å². The van der Waals surface area contributed by atoms with E-state index in [1.807, 2.05) is 0 Å². The monoisotopic (exact) mass is 513 g/mol. The molecule has 4 rings (SSSR count). The lowest BCUT2D eigenvalue weighted by Crippen LogP contribution is -2.58. The molecular formula is C27H47NO6S. The molecule has 0 saturated heterocycles. The third-order valence-corrected chi connectivity index (χ3v) is 12.5. The van der Waals surface area contributed by atoms with Crippen molar-refractivity contribution in [1.82, 2.24) is 5.32 Å². The van der Waals surface area contributed by atoms with Gasteiger partial charge in [-0.1, -0.05) is 20.8 Å². The first-order valence-electron chi connectivity index (χ1n) is 13.9. The smallest absolute Gasteiger partial charge is 0.269 e. The van der Waals surface area contributed by atoms with Gasteiger partial charge in [-0.05, 0) is 111 Å². The van der Waals surface area contributed by atoms with Gasteiger partial charge in [-0.3, -0.25) is 9.35 Å². The first-order valence-corrected chi connectivity index (χ1v) is 15.4. The van der Waals surface area contributed by atoms with Crippen LogP contribution in [-0.4, -0.2) is 53.1 Å². The molecule has 8 heteroatoms. The number of nitrogens with one attached hydrogen (secondary N) is 1. The number of rotatable bonds is 7. The average Bonchev–Trinajstić information content (AvgIpc) is 3.13. The molecule has 0 aromatic heterocycles. The minimum Gasteiger partial charge on any atom is -0.393 e. The van der Waals surface area contributed by atoms with Crippen molar-refractivity contribution in [2.45, 2.75) is 109 Å². The predicted molar refractivity (Wildman–Crippen MR) is 135 cm³/mol. The van der Waals surface area contributed by atoms with Gasteiger partial charge in [0.25, 0.3) is 10.1 Å². The summed E-state index contributed by atoms with van der Waals surface area (Å²) in [4.78, 5) is 12.3. The van der Waals surface area contributed by atoms with Crippen LogP contribution in [0.25, 0.3) is 0 Å². The molecule has 2 unspecified atom stereocenters. The molecule has 0 aliphatic heterocycles. The highest BCUT2D eigenvalue weighted by Gasteiger charge is 2.62. The topological polar surface area (TPSA) is 124 Å². The van der Waals surface area contributed by atoms with Gasteiger partial charge < -0.3 is 15.5 Å². The van der Waals surface area contributed by atoms with Crippen LogP contribution in [0.1, 0.15) is 91.9 Å². The predicted octanol–water partition coefficient (Wildman–Crippen LogP) is 3.79. The first kappa shape index (κ1) is 27.3. The highest BCUT2D eigenvalue weighted by atomic mass is 32.2. The summed E-state index contributed by atoms with van der Waals surface area (Å²) in [7, 11) is -4.14. The fourth-order valence-electron chi connectivity index (χ4n) is 9.19. The molecule has 0 aromatic rings. The third-order valence-electron chi connectivity index (χ3n) is 11.3. The summed E-state index contributed by atoms with van der Waals surface area (Å²) in [5, 5.41) is 23.3. The molecule has 0 spiro atoms. The summed E-state index contributed by atoms with van der Waals surface area (Å²) in [6.07, 6.45) is 8.84. The maximum absolute atomic E-state index is 12.3. The van der Waals surface area contributed by atoms with Crippen molar-refractivity contribution in [2.75, 3.05) is 6.54 Å². The van der Waals surface area contributed by atoms with E-state index in [4.69, 9.17) is 4.55 Å². The first-order chi connectivity index (χ1) is 16.3. The number of hydrogen-bond donors (Lipinski definition) is 4. The zero-order valence-electron chi connectivity index (χ0n) is 21.9. The van der Waals surface area contributed by atoms with Crippen LogP contribution in [0.4, 0.5) is 0 Å². The van der Waals surface area contributed by atoms with Gasteiger partial charge in [0.1, 0.15) is 5.25 Å². The van der Waals surface area contributed by atoms with E-state index in [0.717, 1.165) is 51.4 Å². The fraction of sp³-hybridized carbons (Fsp3) is 0.963. The third kappa shape index (κ3) is 5.06. The van der Waals surface area contributed by atoms with Crippen LogP contribution < -0.4 is 5.32 Å². The molecule has 0 bridgehead atoms. The van der Waals surface area contributed by atoms with Crippen LogP contribution in [0.3, 0.4) is 0 Å². The van der Waals surface area contributed by atoms with Crippen molar-refractivity contribution in [2.24, 2.45) is 46.3 Å². The van der Waals surface area contributed by atoms with E-state index in [-0.39, 0.29) is 35.5 Å². The summed E-state index contributed by atoms with van der Waals surface area (Å²) in [6, 6.07) is 0. The summed E-state index contributed by atoms with van der Waals surface area (Å²) < 4.78 is 31.4. The van der Waals surface area contributed by atoms with E-state index in [9.17, 15) is 23.4 Å². The normalized spacial score (nSPS) is 45.1. The molecule has 4 aliphatic carbocycles. The standard InChI is InChI=1S/C27H47NO6S/c1-16(5-8-24(31)28-15-17(2)35(32,33)34)20-6-7-21-25-22(10-12-27(20,21)4)26(3)11-9-19(29)13-18(26)14-23(25)30/h16-23,25,29-30H,5-15H2,1-4H3,(H,28,31)(H,32,33,34)/t16-,17?,18?,19-,20-,21+,22+,23-,25+,26+,27-/m1/s1.